The third-order valence-corrected chi connectivity index (χ3v) is 3.83. The van der Waals surface area contributed by atoms with Crippen molar-refractivity contribution in [2.24, 2.45) is 0 Å². The second-order valence-electron chi connectivity index (χ2n) is 3.70. The number of anilines is 1. The molecule has 0 saturated carbocycles. The van der Waals surface area contributed by atoms with E-state index in [1.165, 1.54) is 13.8 Å². The van der Waals surface area contributed by atoms with Gasteiger partial charge >= 0.3 is 5.97 Å². The number of halogens is 1. The van der Waals surface area contributed by atoms with E-state index in [2.05, 4.69) is 4.72 Å². The van der Waals surface area contributed by atoms with Gasteiger partial charge < -0.3 is 5.11 Å². The van der Waals surface area contributed by atoms with Crippen LogP contribution in [0.1, 0.15) is 24.2 Å². The second-order valence-corrected chi connectivity index (χ2v) is 5.93. The maximum Gasteiger partial charge on any atom is 0.335 e. The van der Waals surface area contributed by atoms with E-state index in [4.69, 9.17) is 5.11 Å². The molecule has 0 heterocycles. The topological polar surface area (TPSA) is 83.5 Å². The first kappa shape index (κ1) is 13.4. The van der Waals surface area contributed by atoms with Gasteiger partial charge in [0.2, 0.25) is 10.0 Å². The van der Waals surface area contributed by atoms with Gasteiger partial charge in [0.1, 0.15) is 5.82 Å². The number of hydrogen-bond acceptors (Lipinski definition) is 3. The molecule has 0 atom stereocenters. The van der Waals surface area contributed by atoms with Gasteiger partial charge in [-0.3, -0.25) is 4.72 Å². The quantitative estimate of drug-likeness (QED) is 0.863. The molecule has 0 fully saturated rings. The van der Waals surface area contributed by atoms with Crippen LogP contribution >= 0.6 is 0 Å². The van der Waals surface area contributed by atoms with Crippen molar-refractivity contribution in [2.75, 3.05) is 4.72 Å². The highest BCUT2D eigenvalue weighted by atomic mass is 32.2. The Morgan fingerprint density at radius 2 is 2.00 bits per heavy atom. The standard InChI is InChI=1S/C10H12FNO4S/c1-6(2)17(15,16)12-9-4-3-7(10(13)14)5-8(9)11/h3-6,12H,1-2H3,(H,13,14). The van der Waals surface area contributed by atoms with E-state index in [9.17, 15) is 17.6 Å². The number of carboxylic acid groups (broad SMARTS) is 1. The Kier molecular flexibility index (Phi) is 3.72. The van der Waals surface area contributed by atoms with Gasteiger partial charge in [-0.05, 0) is 32.0 Å². The van der Waals surface area contributed by atoms with Crippen LogP contribution in [-0.4, -0.2) is 24.7 Å². The summed E-state index contributed by atoms with van der Waals surface area (Å²) in [6, 6.07) is 2.98. The van der Waals surface area contributed by atoms with Gasteiger partial charge in [-0.15, -0.1) is 0 Å². The number of aromatic carboxylic acids is 1. The third kappa shape index (κ3) is 3.16. The van der Waals surface area contributed by atoms with Gasteiger partial charge in [-0.25, -0.2) is 17.6 Å². The summed E-state index contributed by atoms with van der Waals surface area (Å²) in [7, 11) is -3.64. The van der Waals surface area contributed by atoms with Crippen LogP contribution in [0.2, 0.25) is 0 Å². The highest BCUT2D eigenvalue weighted by Gasteiger charge is 2.18. The van der Waals surface area contributed by atoms with Crippen LogP contribution in [0.5, 0.6) is 0 Å². The Balaban J connectivity index is 3.06. The molecule has 0 spiro atoms. The smallest absolute Gasteiger partial charge is 0.335 e. The molecule has 0 aliphatic heterocycles. The number of rotatable bonds is 4. The average molecular weight is 261 g/mol. The molecule has 0 aliphatic rings. The molecule has 0 saturated heterocycles. The van der Waals surface area contributed by atoms with E-state index in [0.717, 1.165) is 18.2 Å². The number of nitrogens with one attached hydrogen (secondary N) is 1. The Hall–Kier alpha value is -1.63. The number of sulfonamides is 1. The van der Waals surface area contributed by atoms with Crippen molar-refractivity contribution in [2.45, 2.75) is 19.1 Å². The third-order valence-electron chi connectivity index (χ3n) is 2.09. The van der Waals surface area contributed by atoms with E-state index >= 15 is 0 Å². The molecule has 0 amide bonds. The Morgan fingerprint density at radius 3 is 2.41 bits per heavy atom. The molecule has 5 nitrogen and oxygen atoms in total. The Bertz CT molecular complexity index is 539. The van der Waals surface area contributed by atoms with Crippen LogP contribution in [0.25, 0.3) is 0 Å². The van der Waals surface area contributed by atoms with E-state index in [1.807, 2.05) is 0 Å². The van der Waals surface area contributed by atoms with Crippen molar-refractivity contribution in [3.8, 4) is 0 Å². The number of benzene rings is 1. The molecular weight excluding hydrogens is 249 g/mol. The molecule has 1 aromatic rings. The van der Waals surface area contributed by atoms with Gasteiger partial charge in [-0.1, -0.05) is 0 Å². The largest absolute Gasteiger partial charge is 0.478 e. The van der Waals surface area contributed by atoms with Gasteiger partial charge in [0.25, 0.3) is 0 Å². The first-order valence-electron chi connectivity index (χ1n) is 4.78. The molecule has 0 unspecified atom stereocenters. The highest BCUT2D eigenvalue weighted by molar-refractivity contribution is 7.93. The molecule has 2 N–H and O–H groups in total. The highest BCUT2D eigenvalue weighted by Crippen LogP contribution is 2.18. The van der Waals surface area contributed by atoms with Crippen molar-refractivity contribution in [3.63, 3.8) is 0 Å². The molecule has 7 heteroatoms. The normalized spacial score (nSPS) is 11.5. The second kappa shape index (κ2) is 4.70. The first-order valence-corrected chi connectivity index (χ1v) is 6.33. The van der Waals surface area contributed by atoms with Crippen molar-refractivity contribution < 1.29 is 22.7 Å². The Morgan fingerprint density at radius 1 is 1.41 bits per heavy atom. The van der Waals surface area contributed by atoms with Gasteiger partial charge in [0.05, 0.1) is 16.5 Å². The lowest BCUT2D eigenvalue weighted by Crippen LogP contribution is -2.23. The summed E-state index contributed by atoms with van der Waals surface area (Å²) < 4.78 is 38.4. The molecule has 17 heavy (non-hydrogen) atoms. The van der Waals surface area contributed by atoms with Crippen molar-refractivity contribution >= 4 is 21.7 Å². The predicted octanol–water partition coefficient (Wildman–Crippen LogP) is 1.67. The number of carbonyl (C=O) groups is 1. The molecule has 0 radical (unpaired) electrons. The predicted molar refractivity (Wildman–Crippen MR) is 61.0 cm³/mol. The molecule has 94 valence electrons. The lowest BCUT2D eigenvalue weighted by Gasteiger charge is -2.11. The molecule has 1 rings (SSSR count). The van der Waals surface area contributed by atoms with Crippen LogP contribution in [0.4, 0.5) is 10.1 Å². The molecule has 0 aromatic heterocycles. The zero-order valence-electron chi connectivity index (χ0n) is 9.27. The van der Waals surface area contributed by atoms with Gasteiger partial charge in [-0.2, -0.15) is 0 Å². The minimum Gasteiger partial charge on any atom is -0.478 e. The molecule has 0 aliphatic carbocycles. The molecular formula is C10H12FNO4S. The average Bonchev–Trinajstić information content (AvgIpc) is 2.20. The van der Waals surface area contributed by atoms with E-state index in [1.54, 1.807) is 0 Å². The van der Waals surface area contributed by atoms with E-state index in [-0.39, 0.29) is 11.3 Å². The zero-order chi connectivity index (χ0) is 13.2. The Labute approximate surface area is 98.3 Å². The van der Waals surface area contributed by atoms with Gasteiger partial charge in [0, 0.05) is 0 Å². The summed E-state index contributed by atoms with van der Waals surface area (Å²) >= 11 is 0. The lowest BCUT2D eigenvalue weighted by molar-refractivity contribution is 0.0696. The van der Waals surface area contributed by atoms with Crippen LogP contribution in [0, 0.1) is 5.82 Å². The SMILES string of the molecule is CC(C)S(=O)(=O)Nc1ccc(C(=O)O)cc1F. The fourth-order valence-electron chi connectivity index (χ4n) is 1.00. The van der Waals surface area contributed by atoms with Crippen LogP contribution in [-0.2, 0) is 10.0 Å². The summed E-state index contributed by atoms with van der Waals surface area (Å²) in [5.41, 5.74) is -0.501. The molecule has 0 bridgehead atoms. The van der Waals surface area contributed by atoms with Crippen LogP contribution in [0.3, 0.4) is 0 Å². The number of carboxylic acids is 1. The minimum atomic E-state index is -3.64. The maximum atomic E-state index is 13.4. The zero-order valence-corrected chi connectivity index (χ0v) is 10.1. The van der Waals surface area contributed by atoms with Crippen LogP contribution < -0.4 is 4.72 Å². The van der Waals surface area contributed by atoms with Crippen LogP contribution in [0.15, 0.2) is 18.2 Å². The number of hydrogen-bond donors (Lipinski definition) is 2. The summed E-state index contributed by atoms with van der Waals surface area (Å²) in [5.74, 6) is -2.20. The monoisotopic (exact) mass is 261 g/mol. The maximum absolute atomic E-state index is 13.4. The minimum absolute atomic E-state index is 0.241. The summed E-state index contributed by atoms with van der Waals surface area (Å²) in [6.45, 7) is 2.90. The summed E-state index contributed by atoms with van der Waals surface area (Å²) in [5, 5.41) is 7.91. The fourth-order valence-corrected chi connectivity index (χ4v) is 1.71. The van der Waals surface area contributed by atoms with Crippen molar-refractivity contribution in [1.82, 2.24) is 0 Å². The van der Waals surface area contributed by atoms with Crippen molar-refractivity contribution in [1.29, 1.82) is 0 Å². The molecule has 1 aromatic carbocycles. The van der Waals surface area contributed by atoms with Crippen molar-refractivity contribution in [3.05, 3.63) is 29.6 Å². The summed E-state index contributed by atoms with van der Waals surface area (Å²) in [6.07, 6.45) is 0. The van der Waals surface area contributed by atoms with E-state index < -0.39 is 27.1 Å². The fraction of sp³-hybridized carbons (Fsp3) is 0.300. The van der Waals surface area contributed by atoms with Gasteiger partial charge in [0.15, 0.2) is 0 Å². The summed E-state index contributed by atoms with van der Waals surface area (Å²) in [4.78, 5) is 10.6. The lowest BCUT2D eigenvalue weighted by atomic mass is 10.2. The first-order chi connectivity index (χ1) is 7.74. The van der Waals surface area contributed by atoms with E-state index in [0.29, 0.717) is 0 Å².